The summed E-state index contributed by atoms with van der Waals surface area (Å²) >= 11 is 3.59. The van der Waals surface area contributed by atoms with Gasteiger partial charge < -0.3 is 0 Å². The van der Waals surface area contributed by atoms with E-state index in [0.717, 1.165) is 5.33 Å². The molecule has 0 aliphatic carbocycles. The first kappa shape index (κ1) is 29.1. The van der Waals surface area contributed by atoms with Gasteiger partial charge in [-0.1, -0.05) is 131 Å². The van der Waals surface area contributed by atoms with Gasteiger partial charge in [0.1, 0.15) is 0 Å². The molecule has 0 aliphatic rings. The van der Waals surface area contributed by atoms with Crippen molar-refractivity contribution in [1.29, 1.82) is 0 Å². The first-order valence-electron chi connectivity index (χ1n) is 12.3. The van der Waals surface area contributed by atoms with Crippen LogP contribution in [0.15, 0.2) is 12.1 Å². The molecular formula is C27H50BrP. The van der Waals surface area contributed by atoms with Gasteiger partial charge in [0.25, 0.3) is 0 Å². The maximum absolute atomic E-state index is 3.59. The van der Waals surface area contributed by atoms with Crippen molar-refractivity contribution in [2.45, 2.75) is 135 Å². The van der Waals surface area contributed by atoms with Crippen LogP contribution >= 0.6 is 25.8 Å². The second-order valence-electron chi connectivity index (χ2n) is 8.82. The van der Waals surface area contributed by atoms with Crippen molar-refractivity contribution in [3.8, 4) is 0 Å². The predicted molar refractivity (Wildman–Crippen MR) is 143 cm³/mol. The zero-order valence-electron chi connectivity index (χ0n) is 20.0. The Morgan fingerprint density at radius 1 is 0.552 bits per heavy atom. The van der Waals surface area contributed by atoms with Crippen molar-refractivity contribution >= 4 is 25.8 Å². The normalized spacial score (nSPS) is 10.9. The summed E-state index contributed by atoms with van der Waals surface area (Å²) in [6.45, 7) is 6.86. The molecule has 1 unspecified atom stereocenters. The summed E-state index contributed by atoms with van der Waals surface area (Å²) in [5, 5.41) is 0.971. The molecule has 0 aromatic heterocycles. The largest absolute Gasteiger partial charge is 0.153 e. The summed E-state index contributed by atoms with van der Waals surface area (Å²) < 4.78 is 0. The number of benzene rings is 1. The van der Waals surface area contributed by atoms with E-state index in [1.165, 1.54) is 126 Å². The van der Waals surface area contributed by atoms with E-state index in [2.05, 4.69) is 48.8 Å². The lowest BCUT2D eigenvalue weighted by Crippen LogP contribution is -1.96. The zero-order chi connectivity index (χ0) is 20.5. The van der Waals surface area contributed by atoms with E-state index in [-0.39, 0.29) is 9.90 Å². The van der Waals surface area contributed by atoms with Crippen LogP contribution in [0.2, 0.25) is 0 Å². The zero-order valence-corrected chi connectivity index (χ0v) is 23.0. The molecule has 2 heteroatoms. The average molecular weight is 486 g/mol. The molecule has 0 spiro atoms. The Morgan fingerprint density at radius 2 is 0.897 bits per heavy atom. The van der Waals surface area contributed by atoms with E-state index < -0.39 is 0 Å². The second kappa shape index (κ2) is 20.1. The number of unbranched alkanes of at least 4 members (excludes halogenated alkanes) is 15. The minimum atomic E-state index is 0. The van der Waals surface area contributed by atoms with Crippen LogP contribution in [0.5, 0.6) is 0 Å². The van der Waals surface area contributed by atoms with Gasteiger partial charge in [0, 0.05) is 5.33 Å². The number of rotatable bonds is 18. The Balaban J connectivity index is 0.00000784. The van der Waals surface area contributed by atoms with E-state index in [1.54, 1.807) is 5.56 Å². The molecule has 29 heavy (non-hydrogen) atoms. The van der Waals surface area contributed by atoms with Gasteiger partial charge in [-0.25, -0.2) is 0 Å². The second-order valence-corrected chi connectivity index (χ2v) is 9.38. The van der Waals surface area contributed by atoms with E-state index >= 15 is 0 Å². The number of halogens is 1. The third-order valence-electron chi connectivity index (χ3n) is 6.46. The minimum absolute atomic E-state index is 0. The highest BCUT2D eigenvalue weighted by Crippen LogP contribution is 2.22. The molecule has 0 bridgehead atoms. The molecule has 0 fully saturated rings. The summed E-state index contributed by atoms with van der Waals surface area (Å²) in [5.41, 5.74) is 5.99. The van der Waals surface area contributed by atoms with Crippen molar-refractivity contribution in [3.05, 3.63) is 34.4 Å². The Bertz CT molecular complexity index is 498. The third-order valence-corrected chi connectivity index (χ3v) is 7.06. The number of hydrogen-bond acceptors (Lipinski definition) is 0. The van der Waals surface area contributed by atoms with Crippen molar-refractivity contribution in [2.75, 3.05) is 0 Å². The predicted octanol–water partition coefficient (Wildman–Crippen LogP) is 10.1. The van der Waals surface area contributed by atoms with Crippen LogP contribution in [-0.2, 0) is 11.8 Å². The molecule has 0 amide bonds. The summed E-state index contributed by atoms with van der Waals surface area (Å²) in [5.74, 6) is 0. The van der Waals surface area contributed by atoms with Gasteiger partial charge >= 0.3 is 0 Å². The molecule has 1 atom stereocenters. The van der Waals surface area contributed by atoms with Crippen molar-refractivity contribution < 1.29 is 0 Å². The van der Waals surface area contributed by atoms with Gasteiger partial charge in [-0.2, -0.15) is 9.90 Å². The molecule has 0 saturated carbocycles. The molecule has 170 valence electrons. The fourth-order valence-corrected chi connectivity index (χ4v) is 4.82. The van der Waals surface area contributed by atoms with Gasteiger partial charge in [-0.15, -0.1) is 0 Å². The highest BCUT2D eigenvalue weighted by Gasteiger charge is 2.05. The number of hydrogen-bond donors (Lipinski definition) is 0. The third kappa shape index (κ3) is 13.9. The first-order chi connectivity index (χ1) is 13.7. The summed E-state index contributed by atoms with van der Waals surface area (Å²) in [4.78, 5) is 0. The quantitative estimate of drug-likeness (QED) is 0.110. The van der Waals surface area contributed by atoms with Gasteiger partial charge in [0.05, 0.1) is 0 Å². The van der Waals surface area contributed by atoms with Crippen LogP contribution in [0.3, 0.4) is 0 Å². The van der Waals surface area contributed by atoms with Crippen molar-refractivity contribution in [2.24, 2.45) is 0 Å². The van der Waals surface area contributed by atoms with Crippen LogP contribution in [0.25, 0.3) is 0 Å². The van der Waals surface area contributed by atoms with Gasteiger partial charge in [0.15, 0.2) is 0 Å². The summed E-state index contributed by atoms with van der Waals surface area (Å²) in [6, 6.07) is 4.66. The van der Waals surface area contributed by atoms with Crippen LogP contribution in [0.1, 0.15) is 132 Å². The molecule has 1 rings (SSSR count). The first-order valence-corrected chi connectivity index (χ1v) is 13.5. The van der Waals surface area contributed by atoms with Crippen molar-refractivity contribution in [1.82, 2.24) is 0 Å². The van der Waals surface area contributed by atoms with Gasteiger partial charge in [0.2, 0.25) is 0 Å². The lowest BCUT2D eigenvalue weighted by molar-refractivity contribution is 0.529. The molecule has 0 aliphatic heterocycles. The van der Waals surface area contributed by atoms with Crippen LogP contribution in [-0.4, -0.2) is 0 Å². The molecule has 0 heterocycles. The fraction of sp³-hybridized carbons (Fsp3) is 0.778. The van der Waals surface area contributed by atoms with E-state index in [4.69, 9.17) is 0 Å². The van der Waals surface area contributed by atoms with Gasteiger partial charge in [-0.05, 0) is 48.9 Å². The topological polar surface area (TPSA) is 0 Å². The van der Waals surface area contributed by atoms with E-state index in [1.807, 2.05) is 0 Å². The monoisotopic (exact) mass is 484 g/mol. The molecule has 0 nitrogen and oxygen atoms in total. The smallest absolute Gasteiger partial charge is 0.0285 e. The summed E-state index contributed by atoms with van der Waals surface area (Å²) in [7, 11) is 0. The fourth-order valence-electron chi connectivity index (χ4n) is 4.21. The van der Waals surface area contributed by atoms with E-state index in [0.29, 0.717) is 0 Å². The Labute approximate surface area is 195 Å². The molecule has 0 saturated heterocycles. The molecule has 0 N–H and O–H groups in total. The molecular weight excluding hydrogens is 435 g/mol. The Morgan fingerprint density at radius 3 is 1.31 bits per heavy atom. The lowest BCUT2D eigenvalue weighted by atomic mass is 9.95. The Hall–Kier alpha value is 0.130. The summed E-state index contributed by atoms with van der Waals surface area (Å²) in [6.07, 6.45) is 24.3. The highest BCUT2D eigenvalue weighted by atomic mass is 79.9. The van der Waals surface area contributed by atoms with Crippen molar-refractivity contribution in [3.63, 3.8) is 0 Å². The number of alkyl halides is 1. The van der Waals surface area contributed by atoms with Crippen LogP contribution < -0.4 is 0 Å². The standard InChI is InChI=1S/C27H47Br.H3P/c1-4-5-6-7-8-9-10-11-12-13-14-15-16-17-18-19-20-26-21-22-27(23-28)25(3)24(26)2;/h21-22H,4-20,23H2,1-3H3;1H3. The molecule has 0 radical (unpaired) electrons. The maximum Gasteiger partial charge on any atom is 0.0285 e. The minimum Gasteiger partial charge on any atom is -0.153 e. The Kier molecular flexibility index (Phi) is 20.1. The van der Waals surface area contributed by atoms with Crippen LogP contribution in [0, 0.1) is 13.8 Å². The number of aryl methyl sites for hydroxylation is 1. The maximum atomic E-state index is 3.59. The SMILES string of the molecule is CCCCCCCCCCCCCCCCCCc1ccc(CBr)c(C)c1C.P. The van der Waals surface area contributed by atoms with E-state index in [9.17, 15) is 0 Å². The highest BCUT2D eigenvalue weighted by molar-refractivity contribution is 9.08. The van der Waals surface area contributed by atoms with Crippen LogP contribution in [0.4, 0.5) is 0 Å². The lowest BCUT2D eigenvalue weighted by Gasteiger charge is -2.12. The molecule has 1 aromatic rings. The van der Waals surface area contributed by atoms with Gasteiger partial charge in [-0.3, -0.25) is 0 Å². The average Bonchev–Trinajstić information content (AvgIpc) is 2.70. The molecule has 1 aromatic carbocycles.